The molecule has 0 saturated carbocycles. The molecule has 3 aromatic rings. The van der Waals surface area contributed by atoms with Gasteiger partial charge in [0, 0.05) is 25.7 Å². The quantitative estimate of drug-likeness (QED) is 0.623. The summed E-state index contributed by atoms with van der Waals surface area (Å²) in [6, 6.07) is 12.0. The first kappa shape index (κ1) is 20.3. The predicted octanol–water partition coefficient (Wildman–Crippen LogP) is 2.48. The van der Waals surface area contributed by atoms with Crippen molar-refractivity contribution in [2.75, 3.05) is 19.6 Å². The lowest BCUT2D eigenvalue weighted by molar-refractivity contribution is -0.137. The topological polar surface area (TPSA) is 80.3 Å². The first-order valence-electron chi connectivity index (χ1n) is 10.4. The second kappa shape index (κ2) is 8.79. The third kappa shape index (κ3) is 4.43. The summed E-state index contributed by atoms with van der Waals surface area (Å²) >= 11 is 0. The van der Waals surface area contributed by atoms with Gasteiger partial charge < -0.3 is 9.32 Å². The number of piperazine rings is 1. The van der Waals surface area contributed by atoms with E-state index in [-0.39, 0.29) is 11.9 Å². The number of hydrogen-bond donors (Lipinski definition) is 0. The summed E-state index contributed by atoms with van der Waals surface area (Å²) in [4.78, 5) is 17.6. The molecule has 4 rings (SSSR count). The van der Waals surface area contributed by atoms with Crippen LogP contribution in [0.4, 0.5) is 0 Å². The van der Waals surface area contributed by atoms with Crippen molar-refractivity contribution in [3.8, 4) is 5.69 Å². The normalized spacial score (nSPS) is 17.6. The van der Waals surface area contributed by atoms with Gasteiger partial charge >= 0.3 is 0 Å². The van der Waals surface area contributed by atoms with Crippen LogP contribution in [0.5, 0.6) is 0 Å². The Kier molecular flexibility index (Phi) is 5.94. The minimum absolute atomic E-state index is 0.178. The van der Waals surface area contributed by atoms with Crippen molar-refractivity contribution in [1.29, 1.82) is 0 Å². The van der Waals surface area contributed by atoms with Crippen molar-refractivity contribution in [2.24, 2.45) is 5.92 Å². The van der Waals surface area contributed by atoms with Gasteiger partial charge in [-0.2, -0.15) is 4.68 Å². The molecule has 1 aromatic carbocycles. The van der Waals surface area contributed by atoms with E-state index in [1.54, 1.807) is 10.9 Å². The molecule has 1 aliphatic rings. The standard InChI is InChI=1S/C22H28N6O2/c1-16(2)21-15-26(14-20-5-4-12-30-20)10-11-27(21)22(29)13-18-6-8-19(9-7-18)28-17(3)23-24-25-28/h4-9,12,16,21H,10-11,13-15H2,1-3H3/t21-/m1/s1. The first-order chi connectivity index (χ1) is 14.5. The molecule has 158 valence electrons. The summed E-state index contributed by atoms with van der Waals surface area (Å²) in [7, 11) is 0. The summed E-state index contributed by atoms with van der Waals surface area (Å²) in [5.41, 5.74) is 1.88. The highest BCUT2D eigenvalue weighted by Crippen LogP contribution is 2.21. The van der Waals surface area contributed by atoms with Crippen LogP contribution in [0.25, 0.3) is 5.69 Å². The van der Waals surface area contributed by atoms with Gasteiger partial charge in [-0.05, 0) is 53.1 Å². The number of tetrazole rings is 1. The van der Waals surface area contributed by atoms with Gasteiger partial charge in [0.15, 0.2) is 5.82 Å². The number of hydrogen-bond acceptors (Lipinski definition) is 6. The molecule has 0 N–H and O–H groups in total. The summed E-state index contributed by atoms with van der Waals surface area (Å²) in [5.74, 6) is 2.26. The molecule has 1 aliphatic heterocycles. The van der Waals surface area contributed by atoms with E-state index in [1.807, 2.05) is 43.3 Å². The van der Waals surface area contributed by atoms with E-state index in [0.717, 1.165) is 49.0 Å². The fraction of sp³-hybridized carbons (Fsp3) is 0.455. The number of furan rings is 1. The van der Waals surface area contributed by atoms with Crippen LogP contribution in [-0.4, -0.2) is 61.6 Å². The monoisotopic (exact) mass is 408 g/mol. The van der Waals surface area contributed by atoms with Gasteiger partial charge in [0.1, 0.15) is 5.76 Å². The molecule has 0 unspecified atom stereocenters. The molecular formula is C22H28N6O2. The number of carbonyl (C=O) groups excluding carboxylic acids is 1. The number of benzene rings is 1. The summed E-state index contributed by atoms with van der Waals surface area (Å²) < 4.78 is 7.17. The lowest BCUT2D eigenvalue weighted by Crippen LogP contribution is -2.57. The summed E-state index contributed by atoms with van der Waals surface area (Å²) in [6.45, 7) is 9.47. The van der Waals surface area contributed by atoms with Gasteiger partial charge in [-0.1, -0.05) is 26.0 Å². The Morgan fingerprint density at radius 2 is 2.00 bits per heavy atom. The lowest BCUT2D eigenvalue weighted by atomic mass is 9.98. The van der Waals surface area contributed by atoms with E-state index in [4.69, 9.17) is 4.42 Å². The highest BCUT2D eigenvalue weighted by molar-refractivity contribution is 5.79. The smallest absolute Gasteiger partial charge is 0.227 e. The molecule has 0 spiro atoms. The fourth-order valence-electron chi connectivity index (χ4n) is 4.02. The molecule has 1 amide bonds. The molecule has 1 fully saturated rings. The molecule has 8 heteroatoms. The second-order valence-corrected chi connectivity index (χ2v) is 8.19. The van der Waals surface area contributed by atoms with Gasteiger partial charge in [-0.25, -0.2) is 0 Å². The number of aryl methyl sites for hydroxylation is 1. The zero-order valence-corrected chi connectivity index (χ0v) is 17.7. The molecule has 0 bridgehead atoms. The van der Waals surface area contributed by atoms with Gasteiger partial charge in [0.25, 0.3) is 0 Å². The van der Waals surface area contributed by atoms with Gasteiger partial charge in [0.05, 0.1) is 24.9 Å². The van der Waals surface area contributed by atoms with Crippen LogP contribution in [0, 0.1) is 12.8 Å². The molecule has 30 heavy (non-hydrogen) atoms. The first-order valence-corrected chi connectivity index (χ1v) is 10.4. The Balaban J connectivity index is 1.40. The van der Waals surface area contributed by atoms with Crippen molar-refractivity contribution >= 4 is 5.91 Å². The van der Waals surface area contributed by atoms with E-state index < -0.39 is 0 Å². The maximum atomic E-state index is 13.1. The Morgan fingerprint density at radius 3 is 2.63 bits per heavy atom. The minimum atomic E-state index is 0.178. The van der Waals surface area contributed by atoms with E-state index >= 15 is 0 Å². The van der Waals surface area contributed by atoms with Gasteiger partial charge in [0.2, 0.25) is 5.91 Å². The van der Waals surface area contributed by atoms with Crippen molar-refractivity contribution in [2.45, 2.75) is 39.8 Å². The third-order valence-corrected chi connectivity index (χ3v) is 5.71. The van der Waals surface area contributed by atoms with E-state index in [0.29, 0.717) is 12.3 Å². The van der Waals surface area contributed by atoms with Crippen molar-refractivity contribution in [1.82, 2.24) is 30.0 Å². The average molecular weight is 409 g/mol. The largest absolute Gasteiger partial charge is 0.468 e. The van der Waals surface area contributed by atoms with Crippen molar-refractivity contribution in [3.05, 3.63) is 59.8 Å². The Hall–Kier alpha value is -3.00. The van der Waals surface area contributed by atoms with E-state index in [2.05, 4.69) is 39.2 Å². The SMILES string of the molecule is Cc1nnnn1-c1ccc(CC(=O)N2CCN(Cc3ccco3)C[C@@H]2C(C)C)cc1. The number of rotatable bonds is 6. The maximum Gasteiger partial charge on any atom is 0.227 e. The Morgan fingerprint density at radius 1 is 1.20 bits per heavy atom. The number of amides is 1. The highest BCUT2D eigenvalue weighted by atomic mass is 16.3. The van der Waals surface area contributed by atoms with E-state index in [9.17, 15) is 4.79 Å². The van der Waals surface area contributed by atoms with Crippen molar-refractivity contribution < 1.29 is 9.21 Å². The molecule has 0 aliphatic carbocycles. The average Bonchev–Trinajstić information content (AvgIpc) is 3.40. The maximum absolute atomic E-state index is 13.1. The summed E-state index contributed by atoms with van der Waals surface area (Å²) in [5, 5.41) is 11.6. The zero-order chi connectivity index (χ0) is 21.1. The Bertz CT molecular complexity index is 964. The molecule has 1 saturated heterocycles. The molecule has 1 atom stereocenters. The summed E-state index contributed by atoms with van der Waals surface area (Å²) in [6.07, 6.45) is 2.11. The van der Waals surface area contributed by atoms with E-state index in [1.165, 1.54) is 0 Å². The fourth-order valence-corrected chi connectivity index (χ4v) is 4.02. The molecule has 8 nitrogen and oxygen atoms in total. The Labute approximate surface area is 176 Å². The van der Waals surface area contributed by atoms with Crippen LogP contribution >= 0.6 is 0 Å². The minimum Gasteiger partial charge on any atom is -0.468 e. The van der Waals surface area contributed by atoms with Crippen LogP contribution in [0.1, 0.15) is 31.0 Å². The van der Waals surface area contributed by atoms with Crippen LogP contribution in [0.2, 0.25) is 0 Å². The highest BCUT2D eigenvalue weighted by Gasteiger charge is 2.32. The molecule has 2 aromatic heterocycles. The molecular weight excluding hydrogens is 380 g/mol. The van der Waals surface area contributed by atoms with Gasteiger partial charge in [-0.15, -0.1) is 5.10 Å². The molecule has 3 heterocycles. The number of nitrogens with zero attached hydrogens (tertiary/aromatic N) is 6. The van der Waals surface area contributed by atoms with Crippen molar-refractivity contribution in [3.63, 3.8) is 0 Å². The lowest BCUT2D eigenvalue weighted by Gasteiger charge is -2.43. The zero-order valence-electron chi connectivity index (χ0n) is 17.7. The molecule has 0 radical (unpaired) electrons. The second-order valence-electron chi connectivity index (χ2n) is 8.19. The van der Waals surface area contributed by atoms with Crippen LogP contribution < -0.4 is 0 Å². The van der Waals surface area contributed by atoms with Crippen LogP contribution in [0.3, 0.4) is 0 Å². The van der Waals surface area contributed by atoms with Crippen LogP contribution in [-0.2, 0) is 17.8 Å². The van der Waals surface area contributed by atoms with Gasteiger partial charge in [-0.3, -0.25) is 9.69 Å². The van der Waals surface area contributed by atoms with Crippen LogP contribution in [0.15, 0.2) is 47.1 Å². The third-order valence-electron chi connectivity index (χ3n) is 5.71. The number of aromatic nitrogens is 4. The predicted molar refractivity (Wildman–Crippen MR) is 112 cm³/mol. The number of carbonyl (C=O) groups is 1.